The summed E-state index contributed by atoms with van der Waals surface area (Å²) in [4.78, 5) is 16.2. The van der Waals surface area contributed by atoms with Gasteiger partial charge in [-0.2, -0.15) is 0 Å². The molecule has 1 amide bonds. The topological polar surface area (TPSA) is 60.5 Å². The van der Waals surface area contributed by atoms with E-state index in [0.717, 1.165) is 36.8 Å². The molecule has 0 spiro atoms. The Hall–Kier alpha value is -2.56. The van der Waals surface area contributed by atoms with Crippen LogP contribution in [0.4, 0.5) is 0 Å². The van der Waals surface area contributed by atoms with Gasteiger partial charge in [0.25, 0.3) is 0 Å². The van der Waals surface area contributed by atoms with Crippen LogP contribution in [0.1, 0.15) is 36.8 Å². The normalized spacial score (nSPS) is 14.3. The summed E-state index contributed by atoms with van der Waals surface area (Å²) in [6.45, 7) is 0.941. The van der Waals surface area contributed by atoms with Crippen LogP contribution in [-0.4, -0.2) is 18.0 Å². The van der Waals surface area contributed by atoms with Gasteiger partial charge in [0.2, 0.25) is 5.91 Å². The third-order valence-electron chi connectivity index (χ3n) is 4.54. The number of amides is 1. The lowest BCUT2D eigenvalue weighted by atomic mass is 10.1. The average molecular weight is 340 g/mol. The van der Waals surface area contributed by atoms with Gasteiger partial charge < -0.3 is 14.8 Å². The van der Waals surface area contributed by atoms with Gasteiger partial charge in [-0.3, -0.25) is 9.78 Å². The highest BCUT2D eigenvalue weighted by Crippen LogP contribution is 2.29. The van der Waals surface area contributed by atoms with Crippen LogP contribution in [0.15, 0.2) is 42.7 Å². The number of hydrogen-bond acceptors (Lipinski definition) is 4. The molecule has 5 nitrogen and oxygen atoms in total. The summed E-state index contributed by atoms with van der Waals surface area (Å²) in [5.74, 6) is 1.69. The van der Waals surface area contributed by atoms with E-state index in [1.807, 2.05) is 30.3 Å². The van der Waals surface area contributed by atoms with E-state index >= 15 is 0 Å². The van der Waals surface area contributed by atoms with Crippen molar-refractivity contribution in [1.82, 2.24) is 10.3 Å². The van der Waals surface area contributed by atoms with Crippen LogP contribution in [0.25, 0.3) is 0 Å². The summed E-state index contributed by atoms with van der Waals surface area (Å²) in [6.07, 6.45) is 7.86. The number of benzene rings is 1. The average Bonchev–Trinajstić information content (AvgIpc) is 3.20. The zero-order valence-electron chi connectivity index (χ0n) is 14.5. The van der Waals surface area contributed by atoms with Crippen molar-refractivity contribution in [3.63, 3.8) is 0 Å². The molecule has 1 fully saturated rings. The van der Waals surface area contributed by atoms with Crippen molar-refractivity contribution >= 4 is 5.91 Å². The van der Waals surface area contributed by atoms with Gasteiger partial charge in [-0.25, -0.2) is 0 Å². The molecule has 1 heterocycles. The van der Waals surface area contributed by atoms with Crippen LogP contribution < -0.4 is 14.8 Å². The number of aromatic nitrogens is 1. The lowest BCUT2D eigenvalue weighted by Crippen LogP contribution is -2.28. The number of hydrogen-bond donors (Lipinski definition) is 1. The van der Waals surface area contributed by atoms with Crippen LogP contribution in [0.3, 0.4) is 0 Å². The smallest absolute Gasteiger partial charge is 0.223 e. The van der Waals surface area contributed by atoms with Crippen molar-refractivity contribution in [3.05, 3.63) is 53.9 Å². The monoisotopic (exact) mass is 340 g/mol. The van der Waals surface area contributed by atoms with Gasteiger partial charge in [-0.15, -0.1) is 0 Å². The molecule has 25 heavy (non-hydrogen) atoms. The largest absolute Gasteiger partial charge is 0.493 e. The molecule has 5 heteroatoms. The van der Waals surface area contributed by atoms with Crippen molar-refractivity contribution in [3.8, 4) is 11.5 Å². The summed E-state index contributed by atoms with van der Waals surface area (Å²) in [5.41, 5.74) is 1.99. The minimum atomic E-state index is 0.161. The number of carbonyl (C=O) groups is 1. The van der Waals surface area contributed by atoms with E-state index in [1.165, 1.54) is 0 Å². The fourth-order valence-corrected chi connectivity index (χ4v) is 3.11. The number of methoxy groups -OCH3 is 1. The summed E-state index contributed by atoms with van der Waals surface area (Å²) >= 11 is 0. The van der Waals surface area contributed by atoms with Crippen LogP contribution in [0.2, 0.25) is 0 Å². The van der Waals surface area contributed by atoms with Gasteiger partial charge in [0, 0.05) is 30.4 Å². The van der Waals surface area contributed by atoms with Gasteiger partial charge in [0.15, 0.2) is 11.5 Å². The maximum Gasteiger partial charge on any atom is 0.223 e. The second-order valence-corrected chi connectivity index (χ2v) is 6.33. The Labute approximate surface area is 148 Å². The molecule has 0 aliphatic heterocycles. The Kier molecular flexibility index (Phi) is 5.88. The molecule has 1 aromatic heterocycles. The van der Waals surface area contributed by atoms with Gasteiger partial charge in [-0.1, -0.05) is 25.0 Å². The van der Waals surface area contributed by atoms with Crippen LogP contribution in [-0.2, 0) is 17.9 Å². The van der Waals surface area contributed by atoms with E-state index in [9.17, 15) is 4.79 Å². The molecule has 2 aromatic rings. The van der Waals surface area contributed by atoms with Crippen molar-refractivity contribution in [2.75, 3.05) is 7.11 Å². The molecule has 1 aliphatic carbocycles. The van der Waals surface area contributed by atoms with E-state index < -0.39 is 0 Å². The first kappa shape index (κ1) is 17.3. The quantitative estimate of drug-likeness (QED) is 0.838. The number of nitrogens with one attached hydrogen (secondary N) is 1. The van der Waals surface area contributed by atoms with Gasteiger partial charge >= 0.3 is 0 Å². The maximum absolute atomic E-state index is 12.1. The number of carbonyl (C=O) groups excluding carboxylic acids is 1. The second-order valence-electron chi connectivity index (χ2n) is 6.33. The molecule has 0 bridgehead atoms. The van der Waals surface area contributed by atoms with E-state index in [1.54, 1.807) is 19.5 Å². The Morgan fingerprint density at radius 3 is 2.76 bits per heavy atom. The lowest BCUT2D eigenvalue weighted by Gasteiger charge is -2.14. The highest BCUT2D eigenvalue weighted by atomic mass is 16.5. The van der Waals surface area contributed by atoms with Crippen molar-refractivity contribution in [2.24, 2.45) is 5.92 Å². The molecule has 0 atom stereocenters. The Balaban J connectivity index is 1.58. The SMILES string of the molecule is COc1cc(CNC(=O)C2CCCC2)ccc1OCc1cccnc1. The Morgan fingerprint density at radius 2 is 2.04 bits per heavy atom. The van der Waals surface area contributed by atoms with Crippen molar-refractivity contribution in [1.29, 1.82) is 0 Å². The Bertz CT molecular complexity index is 697. The predicted molar refractivity (Wildman–Crippen MR) is 95.4 cm³/mol. The van der Waals surface area contributed by atoms with E-state index in [4.69, 9.17) is 9.47 Å². The molecule has 1 aliphatic rings. The summed E-state index contributed by atoms with van der Waals surface area (Å²) in [7, 11) is 1.62. The van der Waals surface area contributed by atoms with Crippen LogP contribution in [0.5, 0.6) is 11.5 Å². The van der Waals surface area contributed by atoms with Crippen molar-refractivity contribution < 1.29 is 14.3 Å². The molecule has 0 unspecified atom stereocenters. The number of nitrogens with zero attached hydrogens (tertiary/aromatic N) is 1. The lowest BCUT2D eigenvalue weighted by molar-refractivity contribution is -0.124. The second kappa shape index (κ2) is 8.51. The van der Waals surface area contributed by atoms with E-state index in [-0.39, 0.29) is 11.8 Å². The molecule has 132 valence electrons. The molecule has 1 N–H and O–H groups in total. The molecule has 0 radical (unpaired) electrons. The highest BCUT2D eigenvalue weighted by molar-refractivity contribution is 5.78. The zero-order valence-corrected chi connectivity index (χ0v) is 14.5. The summed E-state index contributed by atoms with van der Waals surface area (Å²) in [6, 6.07) is 9.59. The number of rotatable bonds is 7. The standard InChI is InChI=1S/C20H24N2O3/c1-24-19-11-15(13-22-20(23)17-6-2-3-7-17)8-9-18(19)25-14-16-5-4-10-21-12-16/h4-5,8-12,17H,2-3,6-7,13-14H2,1H3,(H,22,23). The number of pyridine rings is 1. The molecular formula is C20H24N2O3. The fraction of sp³-hybridized carbons (Fsp3) is 0.400. The third-order valence-corrected chi connectivity index (χ3v) is 4.54. The zero-order chi connectivity index (χ0) is 17.5. The molecule has 1 aromatic carbocycles. The molecule has 1 saturated carbocycles. The first-order valence-corrected chi connectivity index (χ1v) is 8.72. The first-order chi connectivity index (χ1) is 12.3. The van der Waals surface area contributed by atoms with Gasteiger partial charge in [0.1, 0.15) is 6.61 Å². The van der Waals surface area contributed by atoms with E-state index in [0.29, 0.717) is 24.7 Å². The Morgan fingerprint density at radius 1 is 1.20 bits per heavy atom. The molecular weight excluding hydrogens is 316 g/mol. The summed E-state index contributed by atoms with van der Waals surface area (Å²) < 4.78 is 11.3. The third kappa shape index (κ3) is 4.72. The minimum Gasteiger partial charge on any atom is -0.493 e. The number of ether oxygens (including phenoxy) is 2. The van der Waals surface area contributed by atoms with Crippen LogP contribution >= 0.6 is 0 Å². The van der Waals surface area contributed by atoms with Crippen LogP contribution in [0, 0.1) is 5.92 Å². The highest BCUT2D eigenvalue weighted by Gasteiger charge is 2.22. The maximum atomic E-state index is 12.1. The first-order valence-electron chi connectivity index (χ1n) is 8.72. The fourth-order valence-electron chi connectivity index (χ4n) is 3.11. The summed E-state index contributed by atoms with van der Waals surface area (Å²) in [5, 5.41) is 3.03. The minimum absolute atomic E-state index is 0.161. The van der Waals surface area contributed by atoms with Gasteiger partial charge in [-0.05, 0) is 36.6 Å². The van der Waals surface area contributed by atoms with Gasteiger partial charge in [0.05, 0.1) is 7.11 Å². The predicted octanol–water partition coefficient (Wildman–Crippen LogP) is 3.48. The van der Waals surface area contributed by atoms with E-state index in [2.05, 4.69) is 10.3 Å². The molecule has 0 saturated heterocycles. The van der Waals surface area contributed by atoms with Crippen molar-refractivity contribution in [2.45, 2.75) is 38.8 Å². The molecule has 3 rings (SSSR count).